The van der Waals surface area contributed by atoms with Gasteiger partial charge in [-0.3, -0.25) is 0 Å². The Morgan fingerprint density at radius 3 is 2.57 bits per heavy atom. The summed E-state index contributed by atoms with van der Waals surface area (Å²) < 4.78 is 12.4. The van der Waals surface area contributed by atoms with E-state index in [1.807, 2.05) is 31.2 Å². The second-order valence-electron chi connectivity index (χ2n) is 4.27. The minimum atomic E-state index is 0.250. The number of hydrogen-bond donors (Lipinski definition) is 0. The summed E-state index contributed by atoms with van der Waals surface area (Å²) in [6.45, 7) is 1.85. The van der Waals surface area contributed by atoms with Gasteiger partial charge in [-0.1, -0.05) is 0 Å². The fourth-order valence-corrected chi connectivity index (χ4v) is 1.78. The Labute approximate surface area is 121 Å². The van der Waals surface area contributed by atoms with Crippen LogP contribution in [-0.4, -0.2) is 31.8 Å². The molecular weight excluding hydrogens is 270 g/mol. The lowest BCUT2D eigenvalue weighted by Gasteiger charge is -2.07. The quantitative estimate of drug-likeness (QED) is 0.730. The smallest absolute Gasteiger partial charge is 0.325 e. The van der Waals surface area contributed by atoms with E-state index in [0.29, 0.717) is 11.6 Å². The van der Waals surface area contributed by atoms with E-state index in [-0.39, 0.29) is 6.01 Å². The SMILES string of the molecule is COc1cc(C)nc(Oc2ccc(-n3cncn3)cc2)n1. The third kappa shape index (κ3) is 2.97. The maximum Gasteiger partial charge on any atom is 0.325 e. The summed E-state index contributed by atoms with van der Waals surface area (Å²) in [5, 5.41) is 4.06. The van der Waals surface area contributed by atoms with Crippen molar-refractivity contribution in [1.82, 2.24) is 24.7 Å². The summed E-state index contributed by atoms with van der Waals surface area (Å²) in [7, 11) is 1.55. The zero-order chi connectivity index (χ0) is 14.7. The molecule has 0 radical (unpaired) electrons. The van der Waals surface area contributed by atoms with Crippen LogP contribution in [0.5, 0.6) is 17.6 Å². The highest BCUT2D eigenvalue weighted by Gasteiger charge is 2.05. The van der Waals surface area contributed by atoms with Crippen LogP contribution < -0.4 is 9.47 Å². The number of aryl methyl sites for hydroxylation is 1. The molecule has 7 heteroatoms. The van der Waals surface area contributed by atoms with Crippen LogP contribution in [0.2, 0.25) is 0 Å². The lowest BCUT2D eigenvalue weighted by molar-refractivity contribution is 0.375. The molecule has 0 aliphatic carbocycles. The molecule has 0 saturated carbocycles. The largest absolute Gasteiger partial charge is 0.481 e. The summed E-state index contributed by atoms with van der Waals surface area (Å²) >= 11 is 0. The van der Waals surface area contributed by atoms with Crippen molar-refractivity contribution in [3.8, 4) is 23.3 Å². The Morgan fingerprint density at radius 2 is 1.90 bits per heavy atom. The van der Waals surface area contributed by atoms with Gasteiger partial charge in [0.1, 0.15) is 18.4 Å². The van der Waals surface area contributed by atoms with Crippen LogP contribution in [0.25, 0.3) is 5.69 Å². The number of ether oxygens (including phenoxy) is 2. The van der Waals surface area contributed by atoms with Crippen LogP contribution in [0.3, 0.4) is 0 Å². The lowest BCUT2D eigenvalue weighted by atomic mass is 10.3. The minimum Gasteiger partial charge on any atom is -0.481 e. The van der Waals surface area contributed by atoms with Gasteiger partial charge in [0, 0.05) is 11.8 Å². The number of nitrogens with zero attached hydrogens (tertiary/aromatic N) is 5. The first-order valence-electron chi connectivity index (χ1n) is 6.27. The molecule has 2 aromatic heterocycles. The topological polar surface area (TPSA) is 75.0 Å². The zero-order valence-corrected chi connectivity index (χ0v) is 11.6. The van der Waals surface area contributed by atoms with E-state index >= 15 is 0 Å². The maximum atomic E-state index is 5.63. The molecule has 0 atom stereocenters. The Bertz CT molecular complexity index is 726. The third-order valence-corrected chi connectivity index (χ3v) is 2.75. The average molecular weight is 283 g/mol. The van der Waals surface area contributed by atoms with Crippen molar-refractivity contribution in [3.05, 3.63) is 48.7 Å². The van der Waals surface area contributed by atoms with Gasteiger partial charge in [-0.15, -0.1) is 0 Å². The molecule has 3 aromatic rings. The highest BCUT2D eigenvalue weighted by molar-refractivity contribution is 5.37. The monoisotopic (exact) mass is 283 g/mol. The van der Waals surface area contributed by atoms with Crippen LogP contribution in [0.1, 0.15) is 5.69 Å². The summed E-state index contributed by atoms with van der Waals surface area (Å²) in [5.41, 5.74) is 1.67. The van der Waals surface area contributed by atoms with Crippen LogP contribution >= 0.6 is 0 Å². The second-order valence-corrected chi connectivity index (χ2v) is 4.27. The standard InChI is InChI=1S/C14H13N5O2/c1-10-7-13(20-2)18-14(17-10)21-12-5-3-11(4-6-12)19-9-15-8-16-19/h3-9H,1-2H3. The van der Waals surface area contributed by atoms with Gasteiger partial charge in [-0.25, -0.2) is 9.67 Å². The van der Waals surface area contributed by atoms with Crippen molar-refractivity contribution in [2.45, 2.75) is 6.92 Å². The number of benzene rings is 1. The van der Waals surface area contributed by atoms with Gasteiger partial charge in [0.15, 0.2) is 0 Å². The molecule has 0 fully saturated rings. The Morgan fingerprint density at radius 1 is 1.10 bits per heavy atom. The highest BCUT2D eigenvalue weighted by Crippen LogP contribution is 2.21. The molecule has 1 aromatic carbocycles. The number of methoxy groups -OCH3 is 1. The van der Waals surface area contributed by atoms with Crippen LogP contribution in [0.4, 0.5) is 0 Å². The molecule has 0 unspecified atom stereocenters. The molecule has 7 nitrogen and oxygen atoms in total. The van der Waals surface area contributed by atoms with Gasteiger partial charge < -0.3 is 9.47 Å². The van der Waals surface area contributed by atoms with Crippen LogP contribution in [-0.2, 0) is 0 Å². The first-order chi connectivity index (χ1) is 10.2. The summed E-state index contributed by atoms with van der Waals surface area (Å²) in [5.74, 6) is 1.10. The Kier molecular flexibility index (Phi) is 3.46. The Balaban J connectivity index is 1.80. The van der Waals surface area contributed by atoms with Crippen molar-refractivity contribution in [2.75, 3.05) is 7.11 Å². The molecule has 0 N–H and O–H groups in total. The summed E-state index contributed by atoms with van der Waals surface area (Å²) in [6.07, 6.45) is 3.11. The van der Waals surface area contributed by atoms with Crippen LogP contribution in [0, 0.1) is 6.92 Å². The molecule has 0 spiro atoms. The van der Waals surface area contributed by atoms with Gasteiger partial charge in [-0.05, 0) is 31.2 Å². The van der Waals surface area contributed by atoms with E-state index in [1.165, 1.54) is 6.33 Å². The summed E-state index contributed by atoms with van der Waals surface area (Å²) in [4.78, 5) is 12.2. The van der Waals surface area contributed by atoms with Crippen LogP contribution in [0.15, 0.2) is 43.0 Å². The number of hydrogen-bond acceptors (Lipinski definition) is 6. The molecule has 0 bridgehead atoms. The fraction of sp³-hybridized carbons (Fsp3) is 0.143. The molecule has 106 valence electrons. The fourth-order valence-electron chi connectivity index (χ4n) is 1.78. The first kappa shape index (κ1) is 13.0. The van der Waals surface area contributed by atoms with E-state index in [9.17, 15) is 0 Å². The predicted molar refractivity (Wildman–Crippen MR) is 74.8 cm³/mol. The van der Waals surface area contributed by atoms with Crippen molar-refractivity contribution in [2.24, 2.45) is 0 Å². The molecule has 3 rings (SSSR count). The molecule has 21 heavy (non-hydrogen) atoms. The minimum absolute atomic E-state index is 0.250. The number of aromatic nitrogens is 5. The van der Waals surface area contributed by atoms with Crippen molar-refractivity contribution >= 4 is 0 Å². The van der Waals surface area contributed by atoms with Gasteiger partial charge in [0.2, 0.25) is 5.88 Å². The van der Waals surface area contributed by atoms with Crippen molar-refractivity contribution in [1.29, 1.82) is 0 Å². The van der Waals surface area contributed by atoms with E-state index in [2.05, 4.69) is 20.1 Å². The molecule has 2 heterocycles. The molecule has 0 aliphatic heterocycles. The normalized spacial score (nSPS) is 10.4. The lowest BCUT2D eigenvalue weighted by Crippen LogP contribution is -1.97. The third-order valence-electron chi connectivity index (χ3n) is 2.75. The van der Waals surface area contributed by atoms with Crippen molar-refractivity contribution < 1.29 is 9.47 Å². The highest BCUT2D eigenvalue weighted by atomic mass is 16.5. The average Bonchev–Trinajstić information content (AvgIpc) is 3.01. The van der Waals surface area contributed by atoms with Gasteiger partial charge in [-0.2, -0.15) is 15.1 Å². The second kappa shape index (κ2) is 5.58. The van der Waals surface area contributed by atoms with Gasteiger partial charge in [0.05, 0.1) is 12.8 Å². The zero-order valence-electron chi connectivity index (χ0n) is 11.6. The Hall–Kier alpha value is -2.96. The van der Waals surface area contributed by atoms with E-state index in [1.54, 1.807) is 24.2 Å². The summed E-state index contributed by atoms with van der Waals surface area (Å²) in [6, 6.07) is 9.36. The molecule has 0 aliphatic rings. The predicted octanol–water partition coefficient (Wildman–Crippen LogP) is 2.17. The van der Waals surface area contributed by atoms with E-state index < -0.39 is 0 Å². The van der Waals surface area contributed by atoms with E-state index in [4.69, 9.17) is 9.47 Å². The molecule has 0 saturated heterocycles. The van der Waals surface area contributed by atoms with Crippen molar-refractivity contribution in [3.63, 3.8) is 0 Å². The molecular formula is C14H13N5O2. The maximum absolute atomic E-state index is 5.63. The van der Waals surface area contributed by atoms with Gasteiger partial charge in [0.25, 0.3) is 0 Å². The van der Waals surface area contributed by atoms with Gasteiger partial charge >= 0.3 is 6.01 Å². The number of rotatable bonds is 4. The van der Waals surface area contributed by atoms with E-state index in [0.717, 1.165) is 11.4 Å². The first-order valence-corrected chi connectivity index (χ1v) is 6.27. The molecule has 0 amide bonds.